The van der Waals surface area contributed by atoms with Gasteiger partial charge < -0.3 is 4.90 Å². The zero-order valence-electron chi connectivity index (χ0n) is 21.9. The highest BCUT2D eigenvalue weighted by atomic mass is 19.4. The van der Waals surface area contributed by atoms with Crippen molar-refractivity contribution in [2.24, 2.45) is 0 Å². The molecule has 200 valence electrons. The third-order valence-corrected chi connectivity index (χ3v) is 7.14. The fourth-order valence-corrected chi connectivity index (χ4v) is 4.76. The highest BCUT2D eigenvalue weighted by Crippen LogP contribution is 2.34. The molecule has 5 nitrogen and oxygen atoms in total. The molecule has 0 amide bonds. The van der Waals surface area contributed by atoms with Gasteiger partial charge in [-0.2, -0.15) is 13.2 Å². The van der Waals surface area contributed by atoms with Gasteiger partial charge in [-0.05, 0) is 60.8 Å². The summed E-state index contributed by atoms with van der Waals surface area (Å²) in [7, 11) is 2.01. The lowest BCUT2D eigenvalue weighted by Crippen LogP contribution is -2.44. The fourth-order valence-electron chi connectivity index (χ4n) is 4.76. The molecule has 1 saturated heterocycles. The molecule has 2 aromatic carbocycles. The number of aromatic nitrogens is 2. The van der Waals surface area contributed by atoms with E-state index < -0.39 is 11.7 Å². The molecule has 3 heterocycles. The van der Waals surface area contributed by atoms with E-state index in [1.54, 1.807) is 24.4 Å². The van der Waals surface area contributed by atoms with E-state index in [9.17, 15) is 18.0 Å². The maximum atomic E-state index is 14.0. The quantitative estimate of drug-likeness (QED) is 0.262. The van der Waals surface area contributed by atoms with Gasteiger partial charge in [-0.15, -0.1) is 0 Å². The van der Waals surface area contributed by atoms with Crippen LogP contribution in [0.2, 0.25) is 0 Å². The Labute approximate surface area is 225 Å². The molecule has 0 aliphatic carbocycles. The minimum atomic E-state index is -4.49. The smallest absolute Gasteiger partial charge is 0.304 e. The van der Waals surface area contributed by atoms with Gasteiger partial charge in [0, 0.05) is 56.5 Å². The largest absolute Gasteiger partial charge is 0.416 e. The van der Waals surface area contributed by atoms with E-state index in [2.05, 4.69) is 21.7 Å². The summed E-state index contributed by atoms with van der Waals surface area (Å²) < 4.78 is 43.8. The number of Topliss-reactive ketones (excluding diaryl/α,β-unsaturated/α-hetero) is 1. The molecule has 8 heteroatoms. The molecule has 0 unspecified atom stereocenters. The van der Waals surface area contributed by atoms with Crippen LogP contribution < -0.4 is 0 Å². The number of ketones is 1. The summed E-state index contributed by atoms with van der Waals surface area (Å²) in [5, 5.41) is 0. The molecule has 0 atom stereocenters. The van der Waals surface area contributed by atoms with E-state index >= 15 is 0 Å². The van der Waals surface area contributed by atoms with E-state index in [-0.39, 0.29) is 24.3 Å². The molecule has 0 N–H and O–H groups in total. The van der Waals surface area contributed by atoms with Gasteiger partial charge in [-0.25, -0.2) is 4.98 Å². The van der Waals surface area contributed by atoms with Crippen molar-refractivity contribution >= 4 is 11.4 Å². The molecule has 0 radical (unpaired) electrons. The van der Waals surface area contributed by atoms with Gasteiger partial charge in [0.1, 0.15) is 11.3 Å². The van der Waals surface area contributed by atoms with E-state index in [4.69, 9.17) is 0 Å². The van der Waals surface area contributed by atoms with Gasteiger partial charge in [0.15, 0.2) is 5.78 Å². The molecular weight excluding hydrogens is 501 g/mol. The molecular formula is C31H29F3N4O. The molecule has 0 saturated carbocycles. The van der Waals surface area contributed by atoms with Crippen LogP contribution in [0.4, 0.5) is 13.2 Å². The number of hydrogen-bond acceptors (Lipinski definition) is 4. The molecule has 4 aromatic rings. The van der Waals surface area contributed by atoms with Crippen molar-refractivity contribution in [3.05, 3.63) is 106 Å². The number of alkyl halides is 3. The predicted molar refractivity (Wildman–Crippen MR) is 145 cm³/mol. The molecule has 1 aliphatic heterocycles. The number of carbonyl (C=O) groups is 1. The van der Waals surface area contributed by atoms with Crippen molar-refractivity contribution in [1.29, 1.82) is 0 Å². The van der Waals surface area contributed by atoms with Crippen molar-refractivity contribution in [1.82, 2.24) is 19.2 Å². The Morgan fingerprint density at radius 3 is 2.56 bits per heavy atom. The van der Waals surface area contributed by atoms with E-state index in [0.29, 0.717) is 16.7 Å². The van der Waals surface area contributed by atoms with Crippen LogP contribution in [0.15, 0.2) is 67.0 Å². The van der Waals surface area contributed by atoms with E-state index in [1.165, 1.54) is 6.07 Å². The first-order chi connectivity index (χ1) is 18.7. The van der Waals surface area contributed by atoms with E-state index in [0.717, 1.165) is 49.1 Å². The number of imidazole rings is 1. The summed E-state index contributed by atoms with van der Waals surface area (Å²) in [6.07, 6.45) is -1.05. The maximum absolute atomic E-state index is 14.0. The fraction of sp³-hybridized carbons (Fsp3) is 0.290. The SMILES string of the molecule is Cc1ccc(C(=O)Cc2ccc(CN3CCN(C)CC3)c(C(F)(F)F)c2)cc1C#Cc1cnc2ccccn12. The number of piperazine rings is 1. The number of pyridine rings is 1. The lowest BCUT2D eigenvalue weighted by molar-refractivity contribution is -0.138. The first kappa shape index (κ1) is 26.7. The van der Waals surface area contributed by atoms with Crippen molar-refractivity contribution in [2.75, 3.05) is 33.2 Å². The Morgan fingerprint density at radius 2 is 1.79 bits per heavy atom. The summed E-state index contributed by atoms with van der Waals surface area (Å²) in [6.45, 7) is 5.25. The number of nitrogens with zero attached hydrogens (tertiary/aromatic N) is 4. The van der Waals surface area contributed by atoms with Gasteiger partial charge >= 0.3 is 6.18 Å². The van der Waals surface area contributed by atoms with Crippen LogP contribution in [0.3, 0.4) is 0 Å². The summed E-state index contributed by atoms with van der Waals surface area (Å²) >= 11 is 0. The average molecular weight is 531 g/mol. The second-order valence-electron chi connectivity index (χ2n) is 10.0. The van der Waals surface area contributed by atoms with Crippen LogP contribution in [0.1, 0.15) is 43.9 Å². The highest BCUT2D eigenvalue weighted by Gasteiger charge is 2.34. The molecule has 0 spiro atoms. The standard InChI is InChI=1S/C31H29F3N4O/c1-22-6-8-25(19-24(22)10-11-27-20-35-30-5-3-4-12-38(27)30)29(39)18-23-7-9-26(28(17-23)31(32,33)34)21-37-15-13-36(2)14-16-37/h3-9,12,17,19-20H,13-16,18,21H2,1-2H3. The topological polar surface area (TPSA) is 40.9 Å². The molecule has 39 heavy (non-hydrogen) atoms. The second-order valence-corrected chi connectivity index (χ2v) is 10.0. The van der Waals surface area contributed by atoms with Crippen LogP contribution in [-0.2, 0) is 19.1 Å². The first-order valence-electron chi connectivity index (χ1n) is 12.9. The molecule has 5 rings (SSSR count). The number of carbonyl (C=O) groups excluding carboxylic acids is 1. The monoisotopic (exact) mass is 530 g/mol. The molecule has 1 fully saturated rings. The number of halogens is 3. The normalized spacial score (nSPS) is 14.8. The Hall–Kier alpha value is -3.93. The molecule has 1 aliphatic rings. The Bertz CT molecular complexity index is 1570. The zero-order valence-corrected chi connectivity index (χ0v) is 21.9. The van der Waals surface area contributed by atoms with Gasteiger partial charge in [-0.3, -0.25) is 14.1 Å². The van der Waals surface area contributed by atoms with Crippen LogP contribution in [0, 0.1) is 18.8 Å². The maximum Gasteiger partial charge on any atom is 0.416 e. The van der Waals surface area contributed by atoms with Gasteiger partial charge in [0.25, 0.3) is 0 Å². The number of rotatable bonds is 5. The minimum absolute atomic E-state index is 0.124. The van der Waals surface area contributed by atoms with Crippen LogP contribution in [-0.4, -0.2) is 58.2 Å². The lowest BCUT2D eigenvalue weighted by atomic mass is 9.96. The number of benzene rings is 2. The van der Waals surface area contributed by atoms with Crippen LogP contribution >= 0.6 is 0 Å². The van der Waals surface area contributed by atoms with E-state index in [1.807, 2.05) is 53.7 Å². The van der Waals surface area contributed by atoms with Gasteiger partial charge in [0.2, 0.25) is 0 Å². The third-order valence-electron chi connectivity index (χ3n) is 7.14. The zero-order chi connectivity index (χ0) is 27.6. The van der Waals surface area contributed by atoms with Crippen molar-refractivity contribution in [3.8, 4) is 11.8 Å². The first-order valence-corrected chi connectivity index (χ1v) is 12.9. The van der Waals surface area contributed by atoms with Crippen molar-refractivity contribution in [2.45, 2.75) is 26.1 Å². The average Bonchev–Trinajstić information content (AvgIpc) is 3.33. The van der Waals surface area contributed by atoms with Gasteiger partial charge in [-0.1, -0.05) is 36.3 Å². The summed E-state index contributed by atoms with van der Waals surface area (Å²) in [5.41, 5.74) is 3.42. The number of likely N-dealkylation sites (N-methyl/N-ethyl adjacent to an activating group) is 1. The molecule has 0 bridgehead atoms. The summed E-state index contributed by atoms with van der Waals surface area (Å²) in [5.74, 6) is 5.98. The predicted octanol–water partition coefficient (Wildman–Crippen LogP) is 5.23. The number of aryl methyl sites for hydroxylation is 1. The van der Waals surface area contributed by atoms with Crippen LogP contribution in [0.5, 0.6) is 0 Å². The third kappa shape index (κ3) is 6.22. The second kappa shape index (κ2) is 11.0. The Morgan fingerprint density at radius 1 is 1.00 bits per heavy atom. The Balaban J connectivity index is 1.35. The van der Waals surface area contributed by atoms with Gasteiger partial charge in [0.05, 0.1) is 11.8 Å². The summed E-state index contributed by atoms with van der Waals surface area (Å²) in [6, 6.07) is 15.2. The highest BCUT2D eigenvalue weighted by molar-refractivity contribution is 5.98. The van der Waals surface area contributed by atoms with Crippen molar-refractivity contribution < 1.29 is 18.0 Å². The summed E-state index contributed by atoms with van der Waals surface area (Å²) in [4.78, 5) is 21.7. The molecule has 2 aromatic heterocycles. The minimum Gasteiger partial charge on any atom is -0.304 e. The van der Waals surface area contributed by atoms with Crippen molar-refractivity contribution in [3.63, 3.8) is 0 Å². The lowest BCUT2D eigenvalue weighted by Gasteiger charge is -2.33. The number of hydrogen-bond donors (Lipinski definition) is 0. The Kier molecular flexibility index (Phi) is 7.56. The van der Waals surface area contributed by atoms with Crippen LogP contribution in [0.25, 0.3) is 5.65 Å². The number of fused-ring (bicyclic) bond motifs is 1.